The number of rotatable bonds is 1. The van der Waals surface area contributed by atoms with Crippen molar-refractivity contribution >= 4 is 35.2 Å². The molecule has 0 bridgehead atoms. The summed E-state index contributed by atoms with van der Waals surface area (Å²) in [4.78, 5) is 4.80. The summed E-state index contributed by atoms with van der Waals surface area (Å²) in [5.74, 6) is 0. The van der Waals surface area contributed by atoms with Gasteiger partial charge < -0.3 is 0 Å². The van der Waals surface area contributed by atoms with E-state index in [0.717, 1.165) is 5.52 Å². The Bertz CT molecular complexity index is 853. The molecule has 0 aliphatic carbocycles. The number of fused-ring (bicyclic) bond motifs is 2. The molecule has 2 nitrogen and oxygen atoms in total. The SMILES string of the molecule is Cn1c(-c2nc3ccccc3[se]2)cc2ccccc21. The van der Waals surface area contributed by atoms with Gasteiger partial charge in [-0.15, -0.1) is 0 Å². The average molecular weight is 311 g/mol. The summed E-state index contributed by atoms with van der Waals surface area (Å²) in [5, 5.41) is 1.29. The van der Waals surface area contributed by atoms with Crippen molar-refractivity contribution in [3.8, 4) is 10.3 Å². The van der Waals surface area contributed by atoms with Gasteiger partial charge in [0.05, 0.1) is 0 Å². The van der Waals surface area contributed by atoms with Gasteiger partial charge in [0.1, 0.15) is 0 Å². The molecule has 19 heavy (non-hydrogen) atoms. The molecule has 2 heterocycles. The summed E-state index contributed by atoms with van der Waals surface area (Å²) in [6.45, 7) is 0. The third-order valence-corrected chi connectivity index (χ3v) is 5.69. The van der Waals surface area contributed by atoms with Crippen LogP contribution < -0.4 is 0 Å². The fraction of sp³-hybridized carbons (Fsp3) is 0.0625. The van der Waals surface area contributed by atoms with Crippen molar-refractivity contribution in [2.75, 3.05) is 0 Å². The third-order valence-electron chi connectivity index (χ3n) is 3.46. The second-order valence-electron chi connectivity index (χ2n) is 4.63. The van der Waals surface area contributed by atoms with Gasteiger partial charge in [0, 0.05) is 0 Å². The Kier molecular flexibility index (Phi) is 2.37. The molecule has 0 fully saturated rings. The van der Waals surface area contributed by atoms with E-state index in [0.29, 0.717) is 14.5 Å². The van der Waals surface area contributed by atoms with Crippen LogP contribution in [0.2, 0.25) is 0 Å². The fourth-order valence-corrected chi connectivity index (χ4v) is 4.61. The summed E-state index contributed by atoms with van der Waals surface area (Å²) in [7, 11) is 2.12. The Morgan fingerprint density at radius 3 is 2.63 bits per heavy atom. The number of para-hydroxylation sites is 2. The second kappa shape index (κ2) is 4.09. The topological polar surface area (TPSA) is 17.8 Å². The van der Waals surface area contributed by atoms with Crippen LogP contribution in [-0.2, 0) is 7.05 Å². The summed E-state index contributed by atoms with van der Waals surface area (Å²) in [6.07, 6.45) is 0. The Balaban J connectivity index is 2.01. The van der Waals surface area contributed by atoms with E-state index in [9.17, 15) is 0 Å². The van der Waals surface area contributed by atoms with E-state index in [1.54, 1.807) is 0 Å². The first-order valence-corrected chi connectivity index (χ1v) is 7.95. The van der Waals surface area contributed by atoms with Gasteiger partial charge in [0.2, 0.25) is 0 Å². The average Bonchev–Trinajstić information content (AvgIpc) is 3.00. The Hall–Kier alpha value is -1.83. The molecule has 2 aromatic carbocycles. The van der Waals surface area contributed by atoms with Crippen molar-refractivity contribution in [2.24, 2.45) is 7.05 Å². The molecule has 0 aliphatic rings. The van der Waals surface area contributed by atoms with Gasteiger partial charge in [0.25, 0.3) is 0 Å². The van der Waals surface area contributed by atoms with Gasteiger partial charge in [-0.3, -0.25) is 0 Å². The van der Waals surface area contributed by atoms with Crippen molar-refractivity contribution in [2.45, 2.75) is 0 Å². The first-order chi connectivity index (χ1) is 9.33. The van der Waals surface area contributed by atoms with Crippen LogP contribution in [0.5, 0.6) is 0 Å². The van der Waals surface area contributed by atoms with Crippen molar-refractivity contribution < 1.29 is 0 Å². The van der Waals surface area contributed by atoms with E-state index in [2.05, 4.69) is 66.2 Å². The molecular weight excluding hydrogens is 299 g/mol. The number of benzene rings is 2. The van der Waals surface area contributed by atoms with Crippen molar-refractivity contribution in [1.29, 1.82) is 0 Å². The normalized spacial score (nSPS) is 11.4. The van der Waals surface area contributed by atoms with E-state index < -0.39 is 0 Å². The zero-order valence-electron chi connectivity index (χ0n) is 10.5. The van der Waals surface area contributed by atoms with Crippen molar-refractivity contribution in [3.05, 3.63) is 54.6 Å². The second-order valence-corrected chi connectivity index (χ2v) is 6.80. The summed E-state index contributed by atoms with van der Waals surface area (Å²) in [6, 6.07) is 19.2. The van der Waals surface area contributed by atoms with E-state index in [4.69, 9.17) is 4.98 Å². The van der Waals surface area contributed by atoms with Crippen LogP contribution in [0.1, 0.15) is 0 Å². The molecule has 0 unspecified atom stereocenters. The first-order valence-electron chi connectivity index (χ1n) is 6.23. The molecule has 0 saturated heterocycles. The van der Waals surface area contributed by atoms with Gasteiger partial charge in [-0.05, 0) is 0 Å². The number of aryl methyl sites for hydroxylation is 1. The minimum atomic E-state index is 0.318. The van der Waals surface area contributed by atoms with Gasteiger partial charge in [-0.2, -0.15) is 0 Å². The van der Waals surface area contributed by atoms with Crippen LogP contribution in [0.4, 0.5) is 0 Å². The molecule has 2 aromatic heterocycles. The molecule has 92 valence electrons. The Labute approximate surface area is 117 Å². The third kappa shape index (κ3) is 1.66. The summed E-state index contributed by atoms with van der Waals surface area (Å²) in [5.41, 5.74) is 3.66. The molecule has 0 amide bonds. The number of aromatic nitrogens is 2. The quantitative estimate of drug-likeness (QED) is 0.492. The van der Waals surface area contributed by atoms with Crippen LogP contribution in [0.3, 0.4) is 0 Å². The maximum atomic E-state index is 4.80. The molecule has 0 N–H and O–H groups in total. The number of hydrogen-bond acceptors (Lipinski definition) is 1. The molecule has 0 atom stereocenters. The Morgan fingerprint density at radius 2 is 1.79 bits per heavy atom. The molecule has 0 aliphatic heterocycles. The van der Waals surface area contributed by atoms with E-state index >= 15 is 0 Å². The summed E-state index contributed by atoms with van der Waals surface area (Å²) >= 11 is 0.318. The molecule has 4 aromatic rings. The van der Waals surface area contributed by atoms with Gasteiger partial charge >= 0.3 is 117 Å². The molecule has 0 spiro atoms. The number of nitrogens with zero attached hydrogens (tertiary/aromatic N) is 2. The first kappa shape index (κ1) is 11.0. The summed E-state index contributed by atoms with van der Waals surface area (Å²) < 4.78 is 4.87. The predicted molar refractivity (Wildman–Crippen MR) is 80.6 cm³/mol. The number of hydrogen-bond donors (Lipinski definition) is 0. The predicted octanol–water partition coefficient (Wildman–Crippen LogP) is 3.45. The van der Waals surface area contributed by atoms with Gasteiger partial charge in [0.15, 0.2) is 0 Å². The molecule has 0 saturated carbocycles. The van der Waals surface area contributed by atoms with Crippen LogP contribution in [0.15, 0.2) is 54.6 Å². The fourth-order valence-electron chi connectivity index (χ4n) is 2.48. The van der Waals surface area contributed by atoms with Gasteiger partial charge in [-0.25, -0.2) is 0 Å². The van der Waals surface area contributed by atoms with E-state index in [1.807, 2.05) is 0 Å². The van der Waals surface area contributed by atoms with Crippen molar-refractivity contribution in [1.82, 2.24) is 9.55 Å². The van der Waals surface area contributed by atoms with Crippen molar-refractivity contribution in [3.63, 3.8) is 0 Å². The van der Waals surface area contributed by atoms with Crippen LogP contribution in [0, 0.1) is 0 Å². The maximum absolute atomic E-state index is 4.80. The van der Waals surface area contributed by atoms with Crippen LogP contribution in [-0.4, -0.2) is 24.1 Å². The minimum absolute atomic E-state index is 0.318. The monoisotopic (exact) mass is 312 g/mol. The molecule has 3 heteroatoms. The van der Waals surface area contributed by atoms with Gasteiger partial charge in [-0.1, -0.05) is 0 Å². The van der Waals surface area contributed by atoms with Crippen LogP contribution >= 0.6 is 0 Å². The molecule has 4 rings (SSSR count). The Morgan fingerprint density at radius 1 is 1.00 bits per heavy atom. The van der Waals surface area contributed by atoms with Crippen LogP contribution in [0.25, 0.3) is 30.9 Å². The zero-order valence-corrected chi connectivity index (χ0v) is 12.2. The molecule has 0 radical (unpaired) electrons. The standard InChI is InChI=1S/C16H12N2Se/c1-18-13-8-4-2-6-11(13)10-14(18)16-17-12-7-3-5-9-15(12)19-16/h2-10H,1H3. The zero-order chi connectivity index (χ0) is 12.8. The molecular formula is C16H12N2Se. The van der Waals surface area contributed by atoms with E-state index in [1.165, 1.54) is 25.4 Å². The van der Waals surface area contributed by atoms with E-state index in [-0.39, 0.29) is 0 Å².